The summed E-state index contributed by atoms with van der Waals surface area (Å²) in [5, 5.41) is 8.02. The van der Waals surface area contributed by atoms with Crippen molar-refractivity contribution in [2.24, 2.45) is 10.2 Å². The topological polar surface area (TPSA) is 76.5 Å². The Morgan fingerprint density at radius 3 is 2.19 bits per heavy atom. The highest BCUT2D eigenvalue weighted by atomic mass is 79.9. The summed E-state index contributed by atoms with van der Waals surface area (Å²) in [4.78, 5) is 8.08. The van der Waals surface area contributed by atoms with Gasteiger partial charge in [-0.15, -0.1) is 5.11 Å². The molecular weight excluding hydrogens is 411 g/mol. The Morgan fingerprint density at radius 2 is 1.58 bits per heavy atom. The minimum absolute atomic E-state index is 0.0800. The Labute approximate surface area is 155 Å². The van der Waals surface area contributed by atoms with Crippen LogP contribution in [0.3, 0.4) is 0 Å². The molecule has 5 nitrogen and oxygen atoms in total. The number of hydrogen-bond donors (Lipinski definition) is 1. The number of azo groups is 1. The monoisotopic (exact) mass is 421 g/mol. The zero-order valence-electron chi connectivity index (χ0n) is 13.1. The molecule has 2 N–H and O–H groups in total. The first-order valence-corrected chi connectivity index (χ1v) is 8.10. The van der Waals surface area contributed by atoms with Crippen LogP contribution in [-0.4, -0.2) is 9.97 Å². The van der Waals surface area contributed by atoms with E-state index in [4.69, 9.17) is 5.73 Å². The molecule has 9 heteroatoms. The average molecular weight is 422 g/mol. The van der Waals surface area contributed by atoms with E-state index in [1.165, 1.54) is 18.3 Å². The van der Waals surface area contributed by atoms with Gasteiger partial charge in [-0.05, 0) is 36.4 Å². The fraction of sp³-hybridized carbons (Fsp3) is 0.0588. The Hall–Kier alpha value is -2.81. The van der Waals surface area contributed by atoms with Crippen molar-refractivity contribution < 1.29 is 13.2 Å². The van der Waals surface area contributed by atoms with Crippen LogP contribution in [0.15, 0.2) is 69.4 Å². The van der Waals surface area contributed by atoms with Crippen LogP contribution in [0.2, 0.25) is 0 Å². The molecule has 2 aromatic carbocycles. The molecule has 26 heavy (non-hydrogen) atoms. The zero-order valence-corrected chi connectivity index (χ0v) is 14.7. The second-order valence-corrected chi connectivity index (χ2v) is 6.13. The predicted molar refractivity (Wildman–Crippen MR) is 95.2 cm³/mol. The number of nitrogens with zero attached hydrogens (tertiary/aromatic N) is 4. The summed E-state index contributed by atoms with van der Waals surface area (Å²) in [6, 6.07) is 11.7. The first kappa shape index (κ1) is 18.0. The largest absolute Gasteiger partial charge is 0.416 e. The number of nitrogens with two attached hydrogens (primary N) is 1. The number of halogens is 4. The van der Waals surface area contributed by atoms with Crippen molar-refractivity contribution in [1.82, 2.24) is 9.97 Å². The van der Waals surface area contributed by atoms with Gasteiger partial charge in [-0.3, -0.25) is 0 Å². The first-order valence-electron chi connectivity index (χ1n) is 7.30. The molecule has 0 unspecified atom stereocenters. The standard InChI is InChI=1S/C17H11BrF3N5/c18-12-5-1-10(2-6-12)15-14(9-23-16(22)24-15)26-25-13-7-3-11(4-8-13)17(19,20)21/h1-9H,(H2,22,23,24). The van der Waals surface area contributed by atoms with E-state index in [2.05, 4.69) is 36.1 Å². The van der Waals surface area contributed by atoms with Crippen LogP contribution >= 0.6 is 15.9 Å². The highest BCUT2D eigenvalue weighted by molar-refractivity contribution is 9.10. The van der Waals surface area contributed by atoms with Crippen molar-refractivity contribution >= 4 is 33.3 Å². The Bertz CT molecular complexity index is 938. The Kier molecular flexibility index (Phi) is 4.99. The van der Waals surface area contributed by atoms with Crippen molar-refractivity contribution in [3.63, 3.8) is 0 Å². The van der Waals surface area contributed by atoms with Gasteiger partial charge >= 0.3 is 6.18 Å². The summed E-state index contributed by atoms with van der Waals surface area (Å²) in [5.41, 5.74) is 6.75. The van der Waals surface area contributed by atoms with Gasteiger partial charge in [0.1, 0.15) is 11.4 Å². The molecule has 1 aromatic heterocycles. The number of nitrogen functional groups attached to an aromatic ring is 1. The van der Waals surface area contributed by atoms with E-state index in [9.17, 15) is 13.2 Å². The molecule has 3 aromatic rings. The number of alkyl halides is 3. The summed E-state index contributed by atoms with van der Waals surface area (Å²) < 4.78 is 38.7. The van der Waals surface area contributed by atoms with Gasteiger partial charge < -0.3 is 5.73 Å². The smallest absolute Gasteiger partial charge is 0.368 e. The van der Waals surface area contributed by atoms with E-state index in [-0.39, 0.29) is 11.6 Å². The number of rotatable bonds is 3. The lowest BCUT2D eigenvalue weighted by Crippen LogP contribution is -2.03. The second kappa shape index (κ2) is 7.20. The lowest BCUT2D eigenvalue weighted by molar-refractivity contribution is -0.137. The highest BCUT2D eigenvalue weighted by Crippen LogP contribution is 2.32. The minimum Gasteiger partial charge on any atom is -0.368 e. The fourth-order valence-corrected chi connectivity index (χ4v) is 2.38. The van der Waals surface area contributed by atoms with Crippen LogP contribution in [0.25, 0.3) is 11.3 Å². The highest BCUT2D eigenvalue weighted by Gasteiger charge is 2.29. The average Bonchev–Trinajstić information content (AvgIpc) is 2.61. The number of hydrogen-bond acceptors (Lipinski definition) is 5. The normalized spacial score (nSPS) is 11.8. The van der Waals surface area contributed by atoms with Crippen molar-refractivity contribution in [3.05, 3.63) is 64.8 Å². The number of benzene rings is 2. The summed E-state index contributed by atoms with van der Waals surface area (Å²) in [6.07, 6.45) is -2.98. The molecule has 0 saturated heterocycles. The molecule has 0 saturated carbocycles. The maximum Gasteiger partial charge on any atom is 0.416 e. The summed E-state index contributed by atoms with van der Waals surface area (Å²) >= 11 is 3.35. The van der Waals surface area contributed by atoms with E-state index in [1.807, 2.05) is 24.3 Å². The number of anilines is 1. The molecule has 0 radical (unpaired) electrons. The quantitative estimate of drug-likeness (QED) is 0.532. The fourth-order valence-electron chi connectivity index (χ4n) is 2.11. The van der Waals surface area contributed by atoms with Gasteiger partial charge in [-0.25, -0.2) is 9.97 Å². The second-order valence-electron chi connectivity index (χ2n) is 5.21. The van der Waals surface area contributed by atoms with Gasteiger partial charge in [0.05, 0.1) is 17.4 Å². The van der Waals surface area contributed by atoms with Crippen molar-refractivity contribution in [1.29, 1.82) is 0 Å². The van der Waals surface area contributed by atoms with Crippen molar-refractivity contribution in [2.75, 3.05) is 5.73 Å². The van der Waals surface area contributed by atoms with Crippen LogP contribution in [0.1, 0.15) is 5.56 Å². The van der Waals surface area contributed by atoms with Gasteiger partial charge in [0, 0.05) is 10.0 Å². The summed E-state index contributed by atoms with van der Waals surface area (Å²) in [7, 11) is 0. The molecule has 0 aliphatic rings. The SMILES string of the molecule is Nc1ncc(N=Nc2ccc(C(F)(F)F)cc2)c(-c2ccc(Br)cc2)n1. The molecular formula is C17H11BrF3N5. The van der Waals surface area contributed by atoms with Gasteiger partial charge in [0.15, 0.2) is 0 Å². The Morgan fingerprint density at radius 1 is 0.923 bits per heavy atom. The molecule has 0 amide bonds. The van der Waals surface area contributed by atoms with E-state index in [1.54, 1.807) is 0 Å². The van der Waals surface area contributed by atoms with E-state index < -0.39 is 11.7 Å². The predicted octanol–water partition coefficient (Wildman–Crippen LogP) is 5.92. The van der Waals surface area contributed by atoms with Gasteiger partial charge in [-0.1, -0.05) is 28.1 Å². The third kappa shape index (κ3) is 4.23. The molecule has 1 heterocycles. The lowest BCUT2D eigenvalue weighted by atomic mass is 10.1. The van der Waals surface area contributed by atoms with Crippen LogP contribution < -0.4 is 5.73 Å². The van der Waals surface area contributed by atoms with Gasteiger partial charge in [0.25, 0.3) is 0 Å². The molecule has 0 aliphatic heterocycles. The van der Waals surface area contributed by atoms with Crippen LogP contribution in [0, 0.1) is 0 Å². The molecule has 0 fully saturated rings. The van der Waals surface area contributed by atoms with Crippen LogP contribution in [0.5, 0.6) is 0 Å². The van der Waals surface area contributed by atoms with Crippen molar-refractivity contribution in [3.8, 4) is 11.3 Å². The zero-order chi connectivity index (χ0) is 18.7. The maximum absolute atomic E-state index is 12.6. The van der Waals surface area contributed by atoms with E-state index >= 15 is 0 Å². The van der Waals surface area contributed by atoms with Crippen LogP contribution in [-0.2, 0) is 6.18 Å². The summed E-state index contributed by atoms with van der Waals surface area (Å²) in [6.45, 7) is 0. The molecule has 0 bridgehead atoms. The first-order chi connectivity index (χ1) is 12.3. The molecule has 0 aliphatic carbocycles. The van der Waals surface area contributed by atoms with Gasteiger partial charge in [0.2, 0.25) is 5.95 Å². The maximum atomic E-state index is 12.6. The third-order valence-corrected chi connectivity index (χ3v) is 3.90. The molecule has 0 atom stereocenters. The Balaban J connectivity index is 1.92. The van der Waals surface area contributed by atoms with Gasteiger partial charge in [-0.2, -0.15) is 18.3 Å². The molecule has 132 valence electrons. The van der Waals surface area contributed by atoms with Crippen LogP contribution in [0.4, 0.5) is 30.5 Å². The van der Waals surface area contributed by atoms with E-state index in [0.717, 1.165) is 22.2 Å². The summed E-state index contributed by atoms with van der Waals surface area (Å²) in [5.74, 6) is 0.0800. The minimum atomic E-state index is -4.39. The molecule has 0 spiro atoms. The molecule has 3 rings (SSSR count). The van der Waals surface area contributed by atoms with Crippen molar-refractivity contribution in [2.45, 2.75) is 6.18 Å². The lowest BCUT2D eigenvalue weighted by Gasteiger charge is -2.06. The number of aromatic nitrogens is 2. The van der Waals surface area contributed by atoms with E-state index in [0.29, 0.717) is 11.4 Å². The third-order valence-electron chi connectivity index (χ3n) is 3.37.